The summed E-state index contributed by atoms with van der Waals surface area (Å²) in [6.07, 6.45) is 0.0148. The monoisotopic (exact) mass is 334 g/mol. The van der Waals surface area contributed by atoms with Gasteiger partial charge >= 0.3 is 5.97 Å². The average Bonchev–Trinajstić information content (AvgIpc) is 2.93. The second-order valence-corrected chi connectivity index (χ2v) is 5.74. The van der Waals surface area contributed by atoms with Crippen LogP contribution in [0.5, 0.6) is 5.75 Å². The van der Waals surface area contributed by atoms with Crippen molar-refractivity contribution in [1.29, 1.82) is 0 Å². The van der Waals surface area contributed by atoms with E-state index in [0.717, 1.165) is 11.3 Å². The maximum atomic E-state index is 12.0. The predicted molar refractivity (Wildman–Crippen MR) is 86.6 cm³/mol. The van der Waals surface area contributed by atoms with E-state index in [0.29, 0.717) is 23.9 Å². The molecule has 1 heterocycles. The smallest absolute Gasteiger partial charge is 0.309 e. The highest BCUT2D eigenvalue weighted by Gasteiger charge is 2.11. The number of aromatic nitrogens is 1. The van der Waals surface area contributed by atoms with E-state index >= 15 is 0 Å². The van der Waals surface area contributed by atoms with Crippen molar-refractivity contribution in [1.82, 2.24) is 10.3 Å². The van der Waals surface area contributed by atoms with Gasteiger partial charge in [0.2, 0.25) is 5.91 Å². The molecule has 23 heavy (non-hydrogen) atoms. The van der Waals surface area contributed by atoms with Gasteiger partial charge in [0.1, 0.15) is 10.8 Å². The third-order valence-electron chi connectivity index (χ3n) is 2.99. The molecule has 0 unspecified atom stereocenters. The quantitative estimate of drug-likeness (QED) is 0.771. The molecule has 0 aliphatic rings. The molecular weight excluding hydrogens is 316 g/mol. The lowest BCUT2D eigenvalue weighted by molar-refractivity contribution is -0.136. The molecule has 122 valence electrons. The van der Waals surface area contributed by atoms with Crippen LogP contribution in [0.4, 0.5) is 0 Å². The minimum absolute atomic E-state index is 0.125. The number of para-hydroxylation sites is 1. The fourth-order valence-corrected chi connectivity index (χ4v) is 2.80. The van der Waals surface area contributed by atoms with Crippen molar-refractivity contribution in [2.24, 2.45) is 0 Å². The third kappa shape index (κ3) is 5.37. The predicted octanol–water partition coefficient (Wildman–Crippen LogP) is 2.03. The van der Waals surface area contributed by atoms with E-state index < -0.39 is 5.97 Å². The van der Waals surface area contributed by atoms with Crippen molar-refractivity contribution >= 4 is 23.2 Å². The Bertz CT molecular complexity index is 684. The van der Waals surface area contributed by atoms with Crippen LogP contribution in [0.25, 0.3) is 0 Å². The van der Waals surface area contributed by atoms with Gasteiger partial charge in [0.05, 0.1) is 25.1 Å². The van der Waals surface area contributed by atoms with Gasteiger partial charge in [-0.3, -0.25) is 9.59 Å². The number of benzene rings is 1. The van der Waals surface area contributed by atoms with E-state index in [1.165, 1.54) is 11.3 Å². The van der Waals surface area contributed by atoms with Crippen LogP contribution in [-0.2, 0) is 29.0 Å². The lowest BCUT2D eigenvalue weighted by Crippen LogP contribution is -2.24. The van der Waals surface area contributed by atoms with E-state index in [2.05, 4.69) is 10.3 Å². The Morgan fingerprint density at radius 1 is 1.30 bits per heavy atom. The van der Waals surface area contributed by atoms with Crippen LogP contribution in [0.3, 0.4) is 0 Å². The van der Waals surface area contributed by atoms with Gasteiger partial charge in [-0.15, -0.1) is 11.3 Å². The molecular formula is C16H18N2O4S. The number of carbonyl (C=O) groups excluding carboxylic acids is 1. The van der Waals surface area contributed by atoms with Gasteiger partial charge in [-0.25, -0.2) is 4.98 Å². The number of hydrogen-bond acceptors (Lipinski definition) is 5. The number of hydrogen-bond donors (Lipinski definition) is 2. The lowest BCUT2D eigenvalue weighted by atomic mass is 10.2. The van der Waals surface area contributed by atoms with Crippen molar-refractivity contribution in [2.45, 2.75) is 26.3 Å². The van der Waals surface area contributed by atoms with E-state index in [1.54, 1.807) is 5.38 Å². The molecule has 0 fully saturated rings. The second kappa shape index (κ2) is 8.28. The maximum absolute atomic E-state index is 12.0. The van der Waals surface area contributed by atoms with Crippen LogP contribution < -0.4 is 10.1 Å². The number of amides is 1. The number of nitrogens with zero attached hydrogens (tertiary/aromatic N) is 1. The highest BCUT2D eigenvalue weighted by Crippen LogP contribution is 2.17. The van der Waals surface area contributed by atoms with Gasteiger partial charge in [0.25, 0.3) is 0 Å². The summed E-state index contributed by atoms with van der Waals surface area (Å²) in [5, 5.41) is 13.8. The summed E-state index contributed by atoms with van der Waals surface area (Å²) < 4.78 is 5.51. The number of thiazole rings is 1. The molecule has 0 spiro atoms. The van der Waals surface area contributed by atoms with Gasteiger partial charge in [0, 0.05) is 17.5 Å². The van der Waals surface area contributed by atoms with Gasteiger partial charge < -0.3 is 15.2 Å². The van der Waals surface area contributed by atoms with Gasteiger partial charge in [-0.2, -0.15) is 0 Å². The molecule has 7 heteroatoms. The van der Waals surface area contributed by atoms with Crippen LogP contribution >= 0.6 is 11.3 Å². The first-order valence-corrected chi connectivity index (χ1v) is 8.09. The molecule has 1 aromatic heterocycles. The largest absolute Gasteiger partial charge is 0.494 e. The molecule has 0 atom stereocenters. The first-order valence-electron chi connectivity index (χ1n) is 7.21. The Morgan fingerprint density at radius 3 is 2.83 bits per heavy atom. The lowest BCUT2D eigenvalue weighted by Gasteiger charge is -2.10. The van der Waals surface area contributed by atoms with Crippen LogP contribution in [0, 0.1) is 0 Å². The van der Waals surface area contributed by atoms with Crippen molar-refractivity contribution < 1.29 is 19.4 Å². The number of rotatable bonds is 8. The molecule has 1 amide bonds. The highest BCUT2D eigenvalue weighted by molar-refractivity contribution is 7.09. The summed E-state index contributed by atoms with van der Waals surface area (Å²) in [6, 6.07) is 7.54. The Kier molecular flexibility index (Phi) is 6.10. The third-order valence-corrected chi connectivity index (χ3v) is 3.89. The van der Waals surface area contributed by atoms with Crippen LogP contribution in [0.1, 0.15) is 23.2 Å². The molecule has 1 aromatic carbocycles. The van der Waals surface area contributed by atoms with Crippen LogP contribution in [0.15, 0.2) is 29.6 Å². The topological polar surface area (TPSA) is 88.5 Å². The minimum atomic E-state index is -0.932. The Hall–Kier alpha value is -2.41. The summed E-state index contributed by atoms with van der Waals surface area (Å²) in [5.74, 6) is -0.334. The summed E-state index contributed by atoms with van der Waals surface area (Å²) in [4.78, 5) is 26.7. The molecule has 0 saturated carbocycles. The molecule has 0 aliphatic heterocycles. The average molecular weight is 334 g/mol. The normalized spacial score (nSPS) is 10.3. The number of aliphatic carboxylic acids is 1. The summed E-state index contributed by atoms with van der Waals surface area (Å²) in [6.45, 7) is 2.85. The fourth-order valence-electron chi connectivity index (χ4n) is 2.01. The zero-order chi connectivity index (χ0) is 16.7. The minimum Gasteiger partial charge on any atom is -0.494 e. The van der Waals surface area contributed by atoms with Gasteiger partial charge in [0.15, 0.2) is 0 Å². The molecule has 0 bridgehead atoms. The number of carbonyl (C=O) groups is 2. The fraction of sp³-hybridized carbons (Fsp3) is 0.312. The Balaban J connectivity index is 1.88. The summed E-state index contributed by atoms with van der Waals surface area (Å²) in [5.41, 5.74) is 1.39. The number of ether oxygens (including phenoxy) is 1. The standard InChI is InChI=1S/C16H18N2O4S/c1-2-22-13-6-4-3-5-11(13)9-17-14(19)8-15-18-12(10-23-15)7-16(20)21/h3-6,10H,2,7-9H2,1H3,(H,17,19)(H,20,21). The van der Waals surface area contributed by atoms with Crippen molar-refractivity contribution in [3.05, 3.63) is 45.9 Å². The summed E-state index contributed by atoms with van der Waals surface area (Å²) >= 11 is 1.29. The van der Waals surface area contributed by atoms with Gasteiger partial charge in [-0.05, 0) is 13.0 Å². The first-order chi connectivity index (χ1) is 11.1. The highest BCUT2D eigenvalue weighted by atomic mass is 32.1. The zero-order valence-corrected chi connectivity index (χ0v) is 13.6. The second-order valence-electron chi connectivity index (χ2n) is 4.80. The molecule has 0 radical (unpaired) electrons. The maximum Gasteiger partial charge on any atom is 0.309 e. The van der Waals surface area contributed by atoms with Crippen LogP contribution in [-0.4, -0.2) is 28.6 Å². The molecule has 0 saturated heterocycles. The summed E-state index contributed by atoms with van der Waals surface area (Å²) in [7, 11) is 0. The van der Waals surface area contributed by atoms with E-state index in [9.17, 15) is 9.59 Å². The van der Waals surface area contributed by atoms with E-state index in [1.807, 2.05) is 31.2 Å². The number of nitrogens with one attached hydrogen (secondary N) is 1. The number of carboxylic acids is 1. The molecule has 2 rings (SSSR count). The number of carboxylic acid groups (broad SMARTS) is 1. The van der Waals surface area contributed by atoms with E-state index in [-0.39, 0.29) is 18.7 Å². The van der Waals surface area contributed by atoms with Crippen molar-refractivity contribution in [3.8, 4) is 5.75 Å². The van der Waals surface area contributed by atoms with E-state index in [4.69, 9.17) is 9.84 Å². The molecule has 2 aromatic rings. The first kappa shape index (κ1) is 17.0. The zero-order valence-electron chi connectivity index (χ0n) is 12.7. The van der Waals surface area contributed by atoms with Crippen molar-refractivity contribution in [2.75, 3.05) is 6.61 Å². The van der Waals surface area contributed by atoms with Crippen LogP contribution in [0.2, 0.25) is 0 Å². The Morgan fingerprint density at radius 2 is 2.09 bits per heavy atom. The molecule has 0 aliphatic carbocycles. The SMILES string of the molecule is CCOc1ccccc1CNC(=O)Cc1nc(CC(=O)O)cs1. The molecule has 2 N–H and O–H groups in total. The molecule has 6 nitrogen and oxygen atoms in total. The van der Waals surface area contributed by atoms with Gasteiger partial charge in [-0.1, -0.05) is 18.2 Å². The Labute approximate surface area is 138 Å². The van der Waals surface area contributed by atoms with Crippen molar-refractivity contribution in [3.63, 3.8) is 0 Å².